The Morgan fingerprint density at radius 2 is 2.14 bits per heavy atom. The molecule has 1 aromatic rings. The van der Waals surface area contributed by atoms with E-state index in [1.54, 1.807) is 7.11 Å². The fourth-order valence-electron chi connectivity index (χ4n) is 3.13. The van der Waals surface area contributed by atoms with Gasteiger partial charge in [0, 0.05) is 26.7 Å². The smallest absolute Gasteiger partial charge is 0.248 e. The van der Waals surface area contributed by atoms with Crippen molar-refractivity contribution in [1.29, 1.82) is 0 Å². The number of hydrogen-bond donors (Lipinski definition) is 0. The standard InChI is InChI=1S/C18H28N2O2/c1-19(18(21)15-22-2)17-11-7-13-20(14-17)12-6-10-16-8-4-3-5-9-16/h3-5,8-9,17H,6-7,10-15H2,1-2H3/t17-/m0/s1. The molecule has 4 heteroatoms. The summed E-state index contributed by atoms with van der Waals surface area (Å²) in [6, 6.07) is 11.0. The number of piperidine rings is 1. The molecule has 0 radical (unpaired) electrons. The SMILES string of the molecule is COCC(=O)N(C)[C@H]1CCCN(CCCc2ccccc2)C1. The predicted octanol–water partition coefficient (Wildman–Crippen LogP) is 2.19. The molecule has 1 aliphatic heterocycles. The molecule has 1 aliphatic rings. The Kier molecular flexibility index (Phi) is 6.87. The number of carbonyl (C=O) groups excluding carboxylic acids is 1. The molecule has 0 N–H and O–H groups in total. The highest BCUT2D eigenvalue weighted by Crippen LogP contribution is 2.16. The average molecular weight is 304 g/mol. The van der Waals surface area contributed by atoms with Crippen molar-refractivity contribution in [2.45, 2.75) is 31.7 Å². The van der Waals surface area contributed by atoms with Crippen LogP contribution in [0.1, 0.15) is 24.8 Å². The molecule has 0 saturated carbocycles. The van der Waals surface area contributed by atoms with Gasteiger partial charge in [0.2, 0.25) is 5.91 Å². The van der Waals surface area contributed by atoms with E-state index < -0.39 is 0 Å². The quantitative estimate of drug-likeness (QED) is 0.774. The number of nitrogens with zero attached hydrogens (tertiary/aromatic N) is 2. The molecule has 1 aromatic carbocycles. The first-order chi connectivity index (χ1) is 10.7. The fraction of sp³-hybridized carbons (Fsp3) is 0.611. The van der Waals surface area contributed by atoms with Crippen LogP contribution in [0.3, 0.4) is 0 Å². The van der Waals surface area contributed by atoms with E-state index in [9.17, 15) is 4.79 Å². The zero-order valence-electron chi connectivity index (χ0n) is 13.8. The van der Waals surface area contributed by atoms with Gasteiger partial charge in [0.25, 0.3) is 0 Å². The predicted molar refractivity (Wildman–Crippen MR) is 88.9 cm³/mol. The van der Waals surface area contributed by atoms with Gasteiger partial charge in [-0.05, 0) is 44.3 Å². The molecular formula is C18H28N2O2. The third kappa shape index (κ3) is 5.11. The summed E-state index contributed by atoms with van der Waals surface area (Å²) in [5, 5.41) is 0. The van der Waals surface area contributed by atoms with Gasteiger partial charge < -0.3 is 14.5 Å². The van der Waals surface area contributed by atoms with Crippen molar-refractivity contribution >= 4 is 5.91 Å². The monoisotopic (exact) mass is 304 g/mol. The molecule has 0 aliphatic carbocycles. The number of likely N-dealkylation sites (N-methyl/N-ethyl adjacent to an activating group) is 1. The average Bonchev–Trinajstić information content (AvgIpc) is 2.56. The van der Waals surface area contributed by atoms with Crippen LogP contribution in [0.2, 0.25) is 0 Å². The molecule has 1 atom stereocenters. The topological polar surface area (TPSA) is 32.8 Å². The highest BCUT2D eigenvalue weighted by molar-refractivity contribution is 5.77. The molecule has 0 aromatic heterocycles. The molecule has 0 bridgehead atoms. The summed E-state index contributed by atoms with van der Waals surface area (Å²) in [7, 11) is 3.47. The van der Waals surface area contributed by atoms with Crippen LogP contribution in [0.25, 0.3) is 0 Å². The number of carbonyl (C=O) groups is 1. The molecular weight excluding hydrogens is 276 g/mol. The van der Waals surface area contributed by atoms with Crippen molar-refractivity contribution in [3.05, 3.63) is 35.9 Å². The fourth-order valence-corrected chi connectivity index (χ4v) is 3.13. The molecule has 122 valence electrons. The Bertz CT molecular complexity index is 450. The molecule has 1 heterocycles. The molecule has 0 unspecified atom stereocenters. The Hall–Kier alpha value is -1.39. The number of benzene rings is 1. The minimum absolute atomic E-state index is 0.0821. The van der Waals surface area contributed by atoms with E-state index in [0.29, 0.717) is 6.04 Å². The maximum absolute atomic E-state index is 11.9. The molecule has 22 heavy (non-hydrogen) atoms. The minimum atomic E-state index is 0.0821. The Labute approximate surface area is 134 Å². The lowest BCUT2D eigenvalue weighted by atomic mass is 10.0. The summed E-state index contributed by atoms with van der Waals surface area (Å²) < 4.78 is 4.95. The van der Waals surface area contributed by atoms with E-state index in [2.05, 4.69) is 35.2 Å². The molecule has 1 amide bonds. The second-order valence-electron chi connectivity index (χ2n) is 6.12. The lowest BCUT2D eigenvalue weighted by Gasteiger charge is -2.37. The highest BCUT2D eigenvalue weighted by atomic mass is 16.5. The first-order valence-electron chi connectivity index (χ1n) is 8.21. The van der Waals surface area contributed by atoms with Crippen LogP contribution in [0.15, 0.2) is 30.3 Å². The Balaban J connectivity index is 1.74. The van der Waals surface area contributed by atoms with E-state index in [1.165, 1.54) is 18.4 Å². The number of ether oxygens (including phenoxy) is 1. The van der Waals surface area contributed by atoms with Crippen molar-refractivity contribution < 1.29 is 9.53 Å². The van der Waals surface area contributed by atoms with Crippen LogP contribution < -0.4 is 0 Å². The number of hydrogen-bond acceptors (Lipinski definition) is 3. The molecule has 4 nitrogen and oxygen atoms in total. The van der Waals surface area contributed by atoms with Crippen molar-refractivity contribution in [2.24, 2.45) is 0 Å². The van der Waals surface area contributed by atoms with E-state index in [1.807, 2.05) is 11.9 Å². The second-order valence-corrected chi connectivity index (χ2v) is 6.12. The largest absolute Gasteiger partial charge is 0.375 e. The normalized spacial score (nSPS) is 19.1. The first-order valence-corrected chi connectivity index (χ1v) is 8.21. The molecule has 1 fully saturated rings. The lowest BCUT2D eigenvalue weighted by molar-refractivity contribution is -0.136. The minimum Gasteiger partial charge on any atom is -0.375 e. The van der Waals surface area contributed by atoms with Crippen LogP contribution in [0, 0.1) is 0 Å². The summed E-state index contributed by atoms with van der Waals surface area (Å²) in [5.41, 5.74) is 1.41. The maximum atomic E-state index is 11.9. The third-order valence-corrected chi connectivity index (χ3v) is 4.47. The molecule has 0 spiro atoms. The number of rotatable bonds is 7. The van der Waals surface area contributed by atoms with Gasteiger partial charge in [0.15, 0.2) is 0 Å². The Morgan fingerprint density at radius 3 is 2.86 bits per heavy atom. The number of likely N-dealkylation sites (tertiary alicyclic amines) is 1. The molecule has 2 rings (SSSR count). The summed E-state index contributed by atoms with van der Waals surface area (Å²) in [6.07, 6.45) is 4.56. The first kappa shape index (κ1) is 17.0. The van der Waals surface area contributed by atoms with Gasteiger partial charge in [-0.15, -0.1) is 0 Å². The van der Waals surface area contributed by atoms with E-state index in [0.717, 1.165) is 32.5 Å². The summed E-state index contributed by atoms with van der Waals surface area (Å²) in [4.78, 5) is 16.3. The van der Waals surface area contributed by atoms with Gasteiger partial charge in [0.05, 0.1) is 0 Å². The van der Waals surface area contributed by atoms with E-state index in [-0.39, 0.29) is 12.5 Å². The summed E-state index contributed by atoms with van der Waals surface area (Å²) >= 11 is 0. The van der Waals surface area contributed by atoms with E-state index >= 15 is 0 Å². The maximum Gasteiger partial charge on any atom is 0.248 e. The van der Waals surface area contributed by atoms with Gasteiger partial charge in [-0.3, -0.25) is 4.79 Å². The third-order valence-electron chi connectivity index (χ3n) is 4.47. The zero-order chi connectivity index (χ0) is 15.8. The van der Waals surface area contributed by atoms with Gasteiger partial charge in [0.1, 0.15) is 6.61 Å². The van der Waals surface area contributed by atoms with Crippen molar-refractivity contribution in [2.75, 3.05) is 40.4 Å². The highest BCUT2D eigenvalue weighted by Gasteiger charge is 2.25. The zero-order valence-corrected chi connectivity index (χ0v) is 13.8. The van der Waals surface area contributed by atoms with Crippen molar-refractivity contribution in [3.8, 4) is 0 Å². The van der Waals surface area contributed by atoms with Crippen LogP contribution in [-0.4, -0.2) is 62.1 Å². The van der Waals surface area contributed by atoms with Crippen LogP contribution in [0.5, 0.6) is 0 Å². The Morgan fingerprint density at radius 1 is 1.36 bits per heavy atom. The van der Waals surface area contributed by atoms with Gasteiger partial charge >= 0.3 is 0 Å². The van der Waals surface area contributed by atoms with Gasteiger partial charge in [-0.25, -0.2) is 0 Å². The number of methoxy groups -OCH3 is 1. The van der Waals surface area contributed by atoms with Gasteiger partial charge in [-0.2, -0.15) is 0 Å². The van der Waals surface area contributed by atoms with Gasteiger partial charge in [-0.1, -0.05) is 30.3 Å². The van der Waals surface area contributed by atoms with Crippen molar-refractivity contribution in [1.82, 2.24) is 9.80 Å². The van der Waals surface area contributed by atoms with Crippen molar-refractivity contribution in [3.63, 3.8) is 0 Å². The summed E-state index contributed by atoms with van der Waals surface area (Å²) in [5.74, 6) is 0.0821. The van der Waals surface area contributed by atoms with Crippen LogP contribution >= 0.6 is 0 Å². The summed E-state index contributed by atoms with van der Waals surface area (Å²) in [6.45, 7) is 3.43. The molecule has 1 saturated heterocycles. The second kappa shape index (κ2) is 8.91. The lowest BCUT2D eigenvalue weighted by Crippen LogP contribution is -2.49. The van der Waals surface area contributed by atoms with E-state index in [4.69, 9.17) is 4.74 Å². The van der Waals surface area contributed by atoms with Crippen LogP contribution in [-0.2, 0) is 16.0 Å². The number of amides is 1. The van der Waals surface area contributed by atoms with Crippen LogP contribution in [0.4, 0.5) is 0 Å². The number of aryl methyl sites for hydroxylation is 1.